The van der Waals surface area contributed by atoms with Crippen LogP contribution in [0.2, 0.25) is 0 Å². The summed E-state index contributed by atoms with van der Waals surface area (Å²) in [6.45, 7) is 4.04. The van der Waals surface area contributed by atoms with Crippen molar-refractivity contribution in [2.45, 2.75) is 26.3 Å². The molecule has 0 spiro atoms. The third-order valence-electron chi connectivity index (χ3n) is 2.37. The van der Waals surface area contributed by atoms with Crippen molar-refractivity contribution in [2.24, 2.45) is 0 Å². The Kier molecular flexibility index (Phi) is 5.91. The highest BCUT2D eigenvalue weighted by atomic mass is 32.2. The second kappa shape index (κ2) is 7.20. The Bertz CT molecular complexity index is 415. The lowest BCUT2D eigenvalue weighted by molar-refractivity contribution is 0.0697. The second-order valence-corrected chi connectivity index (χ2v) is 5.28. The summed E-state index contributed by atoms with van der Waals surface area (Å²) in [7, 11) is 0. The molecule has 1 aromatic heterocycles. The third-order valence-corrected chi connectivity index (χ3v) is 3.30. The smallest absolute Gasteiger partial charge is 0.339 e. The largest absolute Gasteiger partial charge is 0.478 e. The molecular formula is C12H17FN2O2S. The number of rotatable bonds is 7. The molecule has 1 heterocycles. The number of anilines is 1. The van der Waals surface area contributed by atoms with E-state index in [-0.39, 0.29) is 17.4 Å². The molecular weight excluding hydrogens is 255 g/mol. The first kappa shape index (κ1) is 14.8. The minimum Gasteiger partial charge on any atom is -0.478 e. The van der Waals surface area contributed by atoms with E-state index in [9.17, 15) is 9.18 Å². The Balaban J connectivity index is 2.68. The normalized spacial score (nSPS) is 12.2. The van der Waals surface area contributed by atoms with Crippen LogP contribution < -0.4 is 5.32 Å². The van der Waals surface area contributed by atoms with Crippen molar-refractivity contribution in [3.05, 3.63) is 23.6 Å². The molecule has 0 aliphatic carbocycles. The number of carbonyl (C=O) groups is 1. The molecule has 0 radical (unpaired) electrons. The number of aromatic carboxylic acids is 1. The Labute approximate surface area is 110 Å². The predicted octanol–water partition coefficient (Wildman–Crippen LogP) is 2.86. The number of nitrogens with zero attached hydrogens (tertiary/aromatic N) is 1. The quantitative estimate of drug-likeness (QED) is 0.747. The first-order valence-electron chi connectivity index (χ1n) is 5.77. The van der Waals surface area contributed by atoms with E-state index in [1.165, 1.54) is 0 Å². The Hall–Kier alpha value is -1.30. The van der Waals surface area contributed by atoms with Crippen LogP contribution >= 0.6 is 11.8 Å². The van der Waals surface area contributed by atoms with Gasteiger partial charge in [0.2, 0.25) is 0 Å². The summed E-state index contributed by atoms with van der Waals surface area (Å²) in [4.78, 5) is 14.8. The molecule has 0 aliphatic rings. The van der Waals surface area contributed by atoms with Crippen LogP contribution in [-0.2, 0) is 0 Å². The van der Waals surface area contributed by atoms with Crippen molar-refractivity contribution < 1.29 is 14.3 Å². The predicted molar refractivity (Wildman–Crippen MR) is 71.9 cm³/mol. The fourth-order valence-electron chi connectivity index (χ4n) is 1.43. The zero-order chi connectivity index (χ0) is 13.5. The number of carboxylic acids is 1. The monoisotopic (exact) mass is 272 g/mol. The lowest BCUT2D eigenvalue weighted by Crippen LogP contribution is -2.19. The second-order valence-electron chi connectivity index (χ2n) is 3.89. The van der Waals surface area contributed by atoms with Crippen LogP contribution in [0.5, 0.6) is 0 Å². The van der Waals surface area contributed by atoms with Crippen LogP contribution in [0, 0.1) is 5.82 Å². The topological polar surface area (TPSA) is 62.2 Å². The summed E-state index contributed by atoms with van der Waals surface area (Å²) >= 11 is 1.82. The van der Waals surface area contributed by atoms with Gasteiger partial charge in [-0.25, -0.2) is 14.2 Å². The molecule has 0 saturated carbocycles. The Morgan fingerprint density at radius 2 is 2.39 bits per heavy atom. The van der Waals surface area contributed by atoms with Gasteiger partial charge in [0.25, 0.3) is 0 Å². The minimum absolute atomic E-state index is 0.0973. The first-order valence-corrected chi connectivity index (χ1v) is 6.93. The molecule has 1 aromatic rings. The van der Waals surface area contributed by atoms with Crippen molar-refractivity contribution in [3.8, 4) is 0 Å². The number of aromatic nitrogens is 1. The number of hydrogen-bond donors (Lipinski definition) is 2. The van der Waals surface area contributed by atoms with E-state index in [1.54, 1.807) is 0 Å². The summed E-state index contributed by atoms with van der Waals surface area (Å²) in [5.74, 6) is 0.445. The number of nitrogens with one attached hydrogen (secondary N) is 1. The van der Waals surface area contributed by atoms with Crippen LogP contribution in [-0.4, -0.2) is 33.6 Å². The van der Waals surface area contributed by atoms with Gasteiger partial charge >= 0.3 is 5.97 Å². The number of thioether (sulfide) groups is 1. The molecule has 4 nitrogen and oxygen atoms in total. The van der Waals surface area contributed by atoms with Gasteiger partial charge in [0.1, 0.15) is 17.2 Å². The van der Waals surface area contributed by atoms with Gasteiger partial charge in [-0.2, -0.15) is 11.8 Å². The molecule has 0 aliphatic heterocycles. The van der Waals surface area contributed by atoms with Gasteiger partial charge < -0.3 is 10.4 Å². The molecule has 2 N–H and O–H groups in total. The third kappa shape index (κ3) is 4.52. The summed E-state index contributed by atoms with van der Waals surface area (Å²) in [5, 5.41) is 12.0. The maximum Gasteiger partial charge on any atom is 0.339 e. The van der Waals surface area contributed by atoms with Gasteiger partial charge in [-0.05, 0) is 30.9 Å². The minimum atomic E-state index is -1.18. The summed E-state index contributed by atoms with van der Waals surface area (Å²) in [5.41, 5.74) is -0.134. The van der Waals surface area contributed by atoms with Crippen LogP contribution in [0.3, 0.4) is 0 Å². The molecule has 6 heteroatoms. The lowest BCUT2D eigenvalue weighted by atomic mass is 10.2. The van der Waals surface area contributed by atoms with E-state index in [4.69, 9.17) is 5.11 Å². The van der Waals surface area contributed by atoms with Crippen LogP contribution in [0.25, 0.3) is 0 Å². The van der Waals surface area contributed by atoms with Crippen molar-refractivity contribution in [2.75, 3.05) is 16.8 Å². The highest BCUT2D eigenvalue weighted by Gasteiger charge is 2.14. The average molecular weight is 272 g/mol. The molecule has 0 aromatic carbocycles. The Morgan fingerprint density at radius 3 is 3.00 bits per heavy atom. The van der Waals surface area contributed by atoms with Gasteiger partial charge in [-0.3, -0.25) is 0 Å². The van der Waals surface area contributed by atoms with E-state index in [0.29, 0.717) is 0 Å². The number of hydrogen-bond acceptors (Lipinski definition) is 4. The van der Waals surface area contributed by atoms with E-state index in [0.717, 1.165) is 30.2 Å². The highest BCUT2D eigenvalue weighted by Crippen LogP contribution is 2.16. The Morgan fingerprint density at radius 1 is 1.67 bits per heavy atom. The summed E-state index contributed by atoms with van der Waals surface area (Å²) < 4.78 is 12.9. The molecule has 18 heavy (non-hydrogen) atoms. The number of pyridine rings is 1. The number of halogens is 1. The first-order chi connectivity index (χ1) is 8.54. The van der Waals surface area contributed by atoms with Gasteiger partial charge in [-0.1, -0.05) is 6.92 Å². The van der Waals surface area contributed by atoms with Crippen molar-refractivity contribution in [1.82, 2.24) is 4.98 Å². The molecule has 100 valence electrons. The van der Waals surface area contributed by atoms with Gasteiger partial charge in [0, 0.05) is 6.04 Å². The molecule has 1 rings (SSSR count). The molecule has 1 unspecified atom stereocenters. The molecule has 0 amide bonds. The standard InChI is InChI=1S/C12H17FN2O2S/c1-3-18-5-4-8(2)15-11-10(12(16)17)6-9(13)7-14-11/h6-8H,3-5H2,1-2H3,(H,14,15)(H,16,17). The van der Waals surface area contributed by atoms with E-state index in [2.05, 4.69) is 17.2 Å². The van der Waals surface area contributed by atoms with E-state index >= 15 is 0 Å². The van der Waals surface area contributed by atoms with Gasteiger partial charge in [-0.15, -0.1) is 0 Å². The molecule has 0 saturated heterocycles. The molecule has 0 bridgehead atoms. The highest BCUT2D eigenvalue weighted by molar-refractivity contribution is 7.99. The van der Waals surface area contributed by atoms with Crippen LogP contribution in [0.4, 0.5) is 10.2 Å². The zero-order valence-electron chi connectivity index (χ0n) is 10.4. The van der Waals surface area contributed by atoms with Crippen molar-refractivity contribution in [3.63, 3.8) is 0 Å². The van der Waals surface area contributed by atoms with Crippen LogP contribution in [0.1, 0.15) is 30.6 Å². The average Bonchev–Trinajstić information content (AvgIpc) is 2.31. The van der Waals surface area contributed by atoms with Crippen LogP contribution in [0.15, 0.2) is 12.3 Å². The number of carboxylic acid groups (broad SMARTS) is 1. The summed E-state index contributed by atoms with van der Waals surface area (Å²) in [6, 6.07) is 1.07. The van der Waals surface area contributed by atoms with Gasteiger partial charge in [0.05, 0.1) is 6.20 Å². The maximum atomic E-state index is 12.9. The van der Waals surface area contributed by atoms with Crippen molar-refractivity contribution in [1.29, 1.82) is 0 Å². The van der Waals surface area contributed by atoms with Gasteiger partial charge in [0.15, 0.2) is 0 Å². The zero-order valence-corrected chi connectivity index (χ0v) is 11.3. The maximum absolute atomic E-state index is 12.9. The summed E-state index contributed by atoms with van der Waals surface area (Å²) in [6.07, 6.45) is 1.92. The SMILES string of the molecule is CCSCCC(C)Nc1ncc(F)cc1C(=O)O. The lowest BCUT2D eigenvalue weighted by Gasteiger charge is -2.15. The van der Waals surface area contributed by atoms with E-state index in [1.807, 2.05) is 18.7 Å². The van der Waals surface area contributed by atoms with E-state index < -0.39 is 11.8 Å². The van der Waals surface area contributed by atoms with Crippen molar-refractivity contribution >= 4 is 23.5 Å². The molecule has 1 atom stereocenters. The molecule has 0 fully saturated rings. The fraction of sp³-hybridized carbons (Fsp3) is 0.500. The fourth-order valence-corrected chi connectivity index (χ4v) is 2.24.